The molecule has 0 saturated carbocycles. The Morgan fingerprint density at radius 1 is 1.50 bits per heavy atom. The van der Waals surface area contributed by atoms with Gasteiger partial charge in [-0.2, -0.15) is 0 Å². The Kier molecular flexibility index (Phi) is 3.24. The minimum atomic E-state index is 0.676. The number of nitrogens with one attached hydrogen (secondary N) is 1. The number of rotatable bonds is 1. The van der Waals surface area contributed by atoms with Gasteiger partial charge in [0.15, 0.2) is 0 Å². The third kappa shape index (κ3) is 2.69. The molecule has 12 heavy (non-hydrogen) atoms. The lowest BCUT2D eigenvalue weighted by atomic mass is 10.4. The highest BCUT2D eigenvalue weighted by atomic mass is 14.8. The summed E-state index contributed by atoms with van der Waals surface area (Å²) in [5, 5.41) is 2.93. The molecule has 3 nitrogen and oxygen atoms in total. The molecule has 62 valence electrons. The van der Waals surface area contributed by atoms with Crippen molar-refractivity contribution in [1.82, 2.24) is 15.3 Å². The van der Waals surface area contributed by atoms with Crippen molar-refractivity contribution in [3.63, 3.8) is 0 Å². The van der Waals surface area contributed by atoms with E-state index in [0.29, 0.717) is 6.54 Å². The second-order valence-electron chi connectivity index (χ2n) is 2.38. The minimum Gasteiger partial charge on any atom is -0.309 e. The average Bonchev–Trinajstić information content (AvgIpc) is 2.05. The van der Waals surface area contributed by atoms with E-state index in [1.807, 2.05) is 14.0 Å². The van der Waals surface area contributed by atoms with Crippen LogP contribution < -0.4 is 5.32 Å². The molecule has 0 saturated heterocycles. The highest BCUT2D eigenvalue weighted by Crippen LogP contribution is 1.91. The second kappa shape index (κ2) is 4.47. The van der Waals surface area contributed by atoms with Gasteiger partial charge in [-0.25, -0.2) is 4.98 Å². The van der Waals surface area contributed by atoms with E-state index < -0.39 is 0 Å². The number of aromatic nitrogens is 2. The molecule has 1 aromatic rings. The molecule has 0 aliphatic carbocycles. The van der Waals surface area contributed by atoms with Crippen molar-refractivity contribution >= 4 is 0 Å². The number of hydrogen-bond donors (Lipinski definition) is 1. The maximum atomic E-state index is 4.18. The zero-order chi connectivity index (χ0) is 8.81. The summed E-state index contributed by atoms with van der Waals surface area (Å²) in [6.45, 7) is 2.58. The van der Waals surface area contributed by atoms with Gasteiger partial charge in [-0.3, -0.25) is 4.98 Å². The van der Waals surface area contributed by atoms with Crippen LogP contribution in [0.15, 0.2) is 12.4 Å². The highest BCUT2D eigenvalue weighted by Gasteiger charge is 1.88. The topological polar surface area (TPSA) is 37.8 Å². The van der Waals surface area contributed by atoms with E-state index in [1.165, 1.54) is 0 Å². The molecule has 0 unspecified atom stereocenters. The predicted molar refractivity (Wildman–Crippen MR) is 47.6 cm³/mol. The van der Waals surface area contributed by atoms with Gasteiger partial charge in [0, 0.05) is 6.20 Å². The van der Waals surface area contributed by atoms with Gasteiger partial charge in [-0.05, 0) is 19.9 Å². The molecule has 0 spiro atoms. The summed E-state index contributed by atoms with van der Waals surface area (Å²) in [6.07, 6.45) is 3.37. The van der Waals surface area contributed by atoms with E-state index in [1.54, 1.807) is 12.4 Å². The van der Waals surface area contributed by atoms with E-state index in [-0.39, 0.29) is 0 Å². The molecular formula is C9H11N3. The molecule has 0 fully saturated rings. The first-order valence-electron chi connectivity index (χ1n) is 3.75. The summed E-state index contributed by atoms with van der Waals surface area (Å²) >= 11 is 0. The summed E-state index contributed by atoms with van der Waals surface area (Å²) in [4.78, 5) is 8.16. The van der Waals surface area contributed by atoms with Crippen molar-refractivity contribution in [2.24, 2.45) is 0 Å². The van der Waals surface area contributed by atoms with Crippen LogP contribution in [0.3, 0.4) is 0 Å². The second-order valence-corrected chi connectivity index (χ2v) is 2.38. The predicted octanol–water partition coefficient (Wildman–Crippen LogP) is 0.356. The van der Waals surface area contributed by atoms with Gasteiger partial charge in [-0.1, -0.05) is 5.92 Å². The number of hydrogen-bond acceptors (Lipinski definition) is 3. The fourth-order valence-electron chi connectivity index (χ4n) is 0.747. The van der Waals surface area contributed by atoms with Crippen molar-refractivity contribution in [1.29, 1.82) is 0 Å². The molecular weight excluding hydrogens is 150 g/mol. The third-order valence-corrected chi connectivity index (χ3v) is 1.24. The SMILES string of the molecule is CNCC#Cc1cncc(C)n1. The lowest BCUT2D eigenvalue weighted by Gasteiger charge is -1.90. The Balaban J connectivity index is 2.71. The fourth-order valence-corrected chi connectivity index (χ4v) is 0.747. The average molecular weight is 161 g/mol. The number of aryl methyl sites for hydroxylation is 1. The van der Waals surface area contributed by atoms with Gasteiger partial charge in [0.1, 0.15) is 5.69 Å². The van der Waals surface area contributed by atoms with Crippen molar-refractivity contribution in [3.8, 4) is 11.8 Å². The zero-order valence-electron chi connectivity index (χ0n) is 7.26. The molecule has 0 radical (unpaired) electrons. The van der Waals surface area contributed by atoms with E-state index in [2.05, 4.69) is 27.1 Å². The Labute approximate surface area is 72.2 Å². The summed E-state index contributed by atoms with van der Waals surface area (Å²) in [5.74, 6) is 5.82. The van der Waals surface area contributed by atoms with E-state index in [4.69, 9.17) is 0 Å². The molecule has 3 heteroatoms. The molecule has 0 atom stereocenters. The van der Waals surface area contributed by atoms with Gasteiger partial charge in [0.05, 0.1) is 18.4 Å². The number of nitrogens with zero attached hydrogens (tertiary/aromatic N) is 2. The molecule has 1 heterocycles. The summed E-state index contributed by atoms with van der Waals surface area (Å²) in [5.41, 5.74) is 1.62. The van der Waals surface area contributed by atoms with Gasteiger partial charge in [0.25, 0.3) is 0 Å². The molecule has 1 rings (SSSR count). The van der Waals surface area contributed by atoms with Crippen LogP contribution in [0, 0.1) is 18.8 Å². The highest BCUT2D eigenvalue weighted by molar-refractivity contribution is 5.25. The van der Waals surface area contributed by atoms with Gasteiger partial charge >= 0.3 is 0 Å². The third-order valence-electron chi connectivity index (χ3n) is 1.24. The summed E-state index contributed by atoms with van der Waals surface area (Å²) < 4.78 is 0. The van der Waals surface area contributed by atoms with Crippen molar-refractivity contribution in [3.05, 3.63) is 23.8 Å². The van der Waals surface area contributed by atoms with Gasteiger partial charge in [0.2, 0.25) is 0 Å². The van der Waals surface area contributed by atoms with Crippen LogP contribution >= 0.6 is 0 Å². The van der Waals surface area contributed by atoms with E-state index in [9.17, 15) is 0 Å². The Hall–Kier alpha value is -1.40. The van der Waals surface area contributed by atoms with Gasteiger partial charge in [-0.15, -0.1) is 0 Å². The summed E-state index contributed by atoms with van der Waals surface area (Å²) in [7, 11) is 1.86. The van der Waals surface area contributed by atoms with E-state index >= 15 is 0 Å². The van der Waals surface area contributed by atoms with Crippen LogP contribution in [-0.4, -0.2) is 23.6 Å². The first kappa shape index (κ1) is 8.69. The normalized spacial score (nSPS) is 8.83. The van der Waals surface area contributed by atoms with Gasteiger partial charge < -0.3 is 5.32 Å². The maximum absolute atomic E-state index is 4.18. The lowest BCUT2D eigenvalue weighted by Crippen LogP contribution is -2.04. The molecule has 0 aromatic carbocycles. The standard InChI is InChI=1S/C9H11N3/c1-8-6-11-7-9(12-8)4-3-5-10-2/h6-7,10H,5H2,1-2H3. The van der Waals surface area contributed by atoms with Crippen LogP contribution in [0.2, 0.25) is 0 Å². The Bertz CT molecular complexity index is 309. The van der Waals surface area contributed by atoms with Crippen molar-refractivity contribution in [2.45, 2.75) is 6.92 Å². The fraction of sp³-hybridized carbons (Fsp3) is 0.333. The Morgan fingerprint density at radius 2 is 2.33 bits per heavy atom. The molecule has 0 amide bonds. The first-order chi connectivity index (χ1) is 5.83. The maximum Gasteiger partial charge on any atom is 0.131 e. The smallest absolute Gasteiger partial charge is 0.131 e. The molecule has 0 aliphatic heterocycles. The minimum absolute atomic E-state index is 0.676. The molecule has 0 aliphatic rings. The van der Waals surface area contributed by atoms with Crippen LogP contribution in [-0.2, 0) is 0 Å². The van der Waals surface area contributed by atoms with Crippen LogP contribution in [0.1, 0.15) is 11.4 Å². The molecule has 1 N–H and O–H groups in total. The molecule has 1 aromatic heterocycles. The largest absolute Gasteiger partial charge is 0.309 e. The van der Waals surface area contributed by atoms with Crippen molar-refractivity contribution in [2.75, 3.05) is 13.6 Å². The lowest BCUT2D eigenvalue weighted by molar-refractivity contribution is 0.937. The summed E-state index contributed by atoms with van der Waals surface area (Å²) in [6, 6.07) is 0. The van der Waals surface area contributed by atoms with E-state index in [0.717, 1.165) is 11.4 Å². The van der Waals surface area contributed by atoms with Crippen molar-refractivity contribution < 1.29 is 0 Å². The monoisotopic (exact) mass is 161 g/mol. The van der Waals surface area contributed by atoms with Crippen LogP contribution in [0.25, 0.3) is 0 Å². The zero-order valence-corrected chi connectivity index (χ0v) is 7.26. The van der Waals surface area contributed by atoms with Crippen LogP contribution in [0.5, 0.6) is 0 Å². The Morgan fingerprint density at radius 3 is 3.00 bits per heavy atom. The van der Waals surface area contributed by atoms with Crippen LogP contribution in [0.4, 0.5) is 0 Å². The molecule has 0 bridgehead atoms. The quantitative estimate of drug-likeness (QED) is 0.604. The first-order valence-corrected chi connectivity index (χ1v) is 3.75.